The van der Waals surface area contributed by atoms with Gasteiger partial charge in [-0.15, -0.1) is 0 Å². The van der Waals surface area contributed by atoms with Crippen LogP contribution in [0.3, 0.4) is 0 Å². The molecule has 0 saturated heterocycles. The van der Waals surface area contributed by atoms with Gasteiger partial charge in [0.1, 0.15) is 5.75 Å². The SMILES string of the molecule is CCOc1ccccc1-c1ccnc(=S)[nH]1. The Kier molecular flexibility index (Phi) is 3.31. The molecule has 0 aliphatic heterocycles. The number of aromatic nitrogens is 2. The molecule has 0 atom stereocenters. The lowest BCUT2D eigenvalue weighted by Gasteiger charge is -2.09. The number of hydrogen-bond donors (Lipinski definition) is 1. The average Bonchev–Trinajstić information content (AvgIpc) is 2.30. The molecule has 82 valence electrons. The molecule has 1 N–H and O–H groups in total. The zero-order valence-electron chi connectivity index (χ0n) is 8.93. The maximum absolute atomic E-state index is 5.56. The Hall–Kier alpha value is -1.68. The Balaban J connectivity index is 2.51. The van der Waals surface area contributed by atoms with Crippen LogP contribution in [0.5, 0.6) is 5.75 Å². The minimum Gasteiger partial charge on any atom is -0.493 e. The van der Waals surface area contributed by atoms with Gasteiger partial charge in [-0.05, 0) is 37.3 Å². The van der Waals surface area contributed by atoms with E-state index >= 15 is 0 Å². The van der Waals surface area contributed by atoms with Gasteiger partial charge in [0.05, 0.1) is 12.3 Å². The maximum Gasteiger partial charge on any atom is 0.197 e. The van der Waals surface area contributed by atoms with E-state index < -0.39 is 0 Å². The van der Waals surface area contributed by atoms with Crippen molar-refractivity contribution in [3.05, 3.63) is 41.3 Å². The number of ether oxygens (including phenoxy) is 1. The largest absolute Gasteiger partial charge is 0.493 e. The highest BCUT2D eigenvalue weighted by Gasteiger charge is 2.04. The van der Waals surface area contributed by atoms with Gasteiger partial charge in [0.2, 0.25) is 0 Å². The van der Waals surface area contributed by atoms with Gasteiger partial charge in [-0.3, -0.25) is 0 Å². The molecule has 0 aliphatic carbocycles. The summed E-state index contributed by atoms with van der Waals surface area (Å²) in [4.78, 5) is 7.01. The summed E-state index contributed by atoms with van der Waals surface area (Å²) in [7, 11) is 0. The average molecular weight is 232 g/mol. The van der Waals surface area contributed by atoms with Gasteiger partial charge in [0.15, 0.2) is 4.77 Å². The van der Waals surface area contributed by atoms with Crippen molar-refractivity contribution in [2.75, 3.05) is 6.61 Å². The Morgan fingerprint density at radius 2 is 2.12 bits per heavy atom. The molecule has 0 saturated carbocycles. The van der Waals surface area contributed by atoms with Crippen LogP contribution in [0.1, 0.15) is 6.92 Å². The minimum atomic E-state index is 0.476. The Labute approximate surface area is 99.1 Å². The monoisotopic (exact) mass is 232 g/mol. The van der Waals surface area contributed by atoms with E-state index in [-0.39, 0.29) is 0 Å². The van der Waals surface area contributed by atoms with Crippen LogP contribution in [0.15, 0.2) is 36.5 Å². The van der Waals surface area contributed by atoms with Crippen LogP contribution in [0.2, 0.25) is 0 Å². The fourth-order valence-electron chi connectivity index (χ4n) is 1.50. The molecule has 0 unspecified atom stereocenters. The van der Waals surface area contributed by atoms with Crippen molar-refractivity contribution in [2.45, 2.75) is 6.92 Å². The van der Waals surface area contributed by atoms with E-state index in [1.807, 2.05) is 37.3 Å². The zero-order chi connectivity index (χ0) is 11.4. The second-order valence-electron chi connectivity index (χ2n) is 3.22. The van der Waals surface area contributed by atoms with Crippen molar-refractivity contribution < 1.29 is 4.74 Å². The van der Waals surface area contributed by atoms with Crippen molar-refractivity contribution in [1.29, 1.82) is 0 Å². The highest BCUT2D eigenvalue weighted by atomic mass is 32.1. The summed E-state index contributed by atoms with van der Waals surface area (Å²) in [6, 6.07) is 9.73. The highest BCUT2D eigenvalue weighted by molar-refractivity contribution is 7.71. The first kappa shape index (κ1) is 10.8. The van der Waals surface area contributed by atoms with E-state index in [0.29, 0.717) is 11.4 Å². The van der Waals surface area contributed by atoms with Crippen molar-refractivity contribution >= 4 is 12.2 Å². The number of para-hydroxylation sites is 1. The standard InChI is InChI=1S/C12H12N2OS/c1-2-15-11-6-4-3-5-9(11)10-7-8-13-12(16)14-10/h3-8H,2H2,1H3,(H,13,14,16). The number of rotatable bonds is 3. The van der Waals surface area contributed by atoms with Crippen molar-refractivity contribution in [3.8, 4) is 17.0 Å². The summed E-state index contributed by atoms with van der Waals surface area (Å²) in [5.41, 5.74) is 1.92. The molecular weight excluding hydrogens is 220 g/mol. The van der Waals surface area contributed by atoms with Crippen LogP contribution in [-0.4, -0.2) is 16.6 Å². The predicted molar refractivity (Wildman–Crippen MR) is 66.0 cm³/mol. The maximum atomic E-state index is 5.56. The lowest BCUT2D eigenvalue weighted by atomic mass is 10.1. The molecule has 2 aromatic rings. The third-order valence-electron chi connectivity index (χ3n) is 2.15. The van der Waals surface area contributed by atoms with Crippen molar-refractivity contribution in [2.24, 2.45) is 0 Å². The van der Waals surface area contributed by atoms with Crippen LogP contribution in [-0.2, 0) is 0 Å². The fraction of sp³-hybridized carbons (Fsp3) is 0.167. The second kappa shape index (κ2) is 4.90. The molecule has 0 aliphatic rings. The van der Waals surface area contributed by atoms with E-state index in [1.54, 1.807) is 6.20 Å². The van der Waals surface area contributed by atoms with E-state index in [2.05, 4.69) is 9.97 Å². The first-order valence-corrected chi connectivity index (χ1v) is 5.49. The Morgan fingerprint density at radius 1 is 1.31 bits per heavy atom. The number of nitrogens with one attached hydrogen (secondary N) is 1. The van der Waals surface area contributed by atoms with Crippen molar-refractivity contribution in [3.63, 3.8) is 0 Å². The van der Waals surface area contributed by atoms with Gasteiger partial charge >= 0.3 is 0 Å². The minimum absolute atomic E-state index is 0.476. The molecule has 0 bridgehead atoms. The molecule has 1 heterocycles. The second-order valence-corrected chi connectivity index (χ2v) is 3.60. The molecule has 4 heteroatoms. The summed E-state index contributed by atoms with van der Waals surface area (Å²) in [6.07, 6.45) is 1.69. The van der Waals surface area contributed by atoms with Crippen LogP contribution in [0, 0.1) is 4.77 Å². The molecule has 0 spiro atoms. The van der Waals surface area contributed by atoms with Crippen LogP contribution in [0.4, 0.5) is 0 Å². The smallest absolute Gasteiger partial charge is 0.197 e. The predicted octanol–water partition coefficient (Wildman–Crippen LogP) is 3.20. The van der Waals surface area contributed by atoms with Crippen molar-refractivity contribution in [1.82, 2.24) is 9.97 Å². The molecular formula is C12H12N2OS. The number of H-pyrrole nitrogens is 1. The normalized spacial score (nSPS) is 10.1. The number of benzene rings is 1. The first-order valence-electron chi connectivity index (χ1n) is 5.09. The zero-order valence-corrected chi connectivity index (χ0v) is 9.75. The van der Waals surface area contributed by atoms with E-state index in [9.17, 15) is 0 Å². The van der Waals surface area contributed by atoms with Gasteiger partial charge in [-0.25, -0.2) is 4.98 Å². The molecule has 3 nitrogen and oxygen atoms in total. The molecule has 1 aromatic heterocycles. The molecule has 0 radical (unpaired) electrons. The molecule has 1 aromatic carbocycles. The quantitative estimate of drug-likeness (QED) is 0.826. The summed E-state index contributed by atoms with van der Waals surface area (Å²) in [6.45, 7) is 2.61. The third-order valence-corrected chi connectivity index (χ3v) is 2.36. The number of aromatic amines is 1. The van der Waals surface area contributed by atoms with Crippen LogP contribution >= 0.6 is 12.2 Å². The Morgan fingerprint density at radius 3 is 2.88 bits per heavy atom. The highest BCUT2D eigenvalue weighted by Crippen LogP contribution is 2.27. The summed E-state index contributed by atoms with van der Waals surface area (Å²) in [5.74, 6) is 0.849. The van der Waals surface area contributed by atoms with Gasteiger partial charge in [-0.1, -0.05) is 12.1 Å². The van der Waals surface area contributed by atoms with Gasteiger partial charge in [-0.2, -0.15) is 0 Å². The molecule has 0 fully saturated rings. The molecule has 16 heavy (non-hydrogen) atoms. The van der Waals surface area contributed by atoms with E-state index in [1.165, 1.54) is 0 Å². The summed E-state index contributed by atoms with van der Waals surface area (Å²) < 4.78 is 6.03. The Bertz CT molecular complexity index is 536. The van der Waals surface area contributed by atoms with Crippen LogP contribution < -0.4 is 4.74 Å². The summed E-state index contributed by atoms with van der Waals surface area (Å²) >= 11 is 5.00. The number of nitrogens with zero attached hydrogens (tertiary/aromatic N) is 1. The lowest BCUT2D eigenvalue weighted by molar-refractivity contribution is 0.341. The lowest BCUT2D eigenvalue weighted by Crippen LogP contribution is -1.95. The fourth-order valence-corrected chi connectivity index (χ4v) is 1.67. The van der Waals surface area contributed by atoms with E-state index in [0.717, 1.165) is 17.0 Å². The number of hydrogen-bond acceptors (Lipinski definition) is 3. The topological polar surface area (TPSA) is 37.9 Å². The first-order chi connectivity index (χ1) is 7.81. The van der Waals surface area contributed by atoms with Gasteiger partial charge in [0.25, 0.3) is 0 Å². The molecule has 2 rings (SSSR count). The van der Waals surface area contributed by atoms with E-state index in [4.69, 9.17) is 17.0 Å². The van der Waals surface area contributed by atoms with Crippen LogP contribution in [0.25, 0.3) is 11.3 Å². The molecule has 0 amide bonds. The van der Waals surface area contributed by atoms with Gasteiger partial charge in [0, 0.05) is 11.8 Å². The van der Waals surface area contributed by atoms with Gasteiger partial charge < -0.3 is 9.72 Å². The third kappa shape index (κ3) is 2.28. The summed E-state index contributed by atoms with van der Waals surface area (Å²) in [5, 5.41) is 0.